The molecule has 0 aliphatic carbocycles. The van der Waals surface area contributed by atoms with Crippen LogP contribution in [0.25, 0.3) is 0 Å². The molecule has 0 saturated carbocycles. The zero-order valence-electron chi connectivity index (χ0n) is 14.3. The van der Waals surface area contributed by atoms with E-state index in [1.165, 1.54) is 4.90 Å². The minimum absolute atomic E-state index is 0.265. The summed E-state index contributed by atoms with van der Waals surface area (Å²) < 4.78 is 0. The fraction of sp³-hybridized carbons (Fsp3) is 0.222. The number of carbonyl (C=O) groups excluding carboxylic acids is 2. The van der Waals surface area contributed by atoms with E-state index in [2.05, 4.69) is 16.0 Å². The van der Waals surface area contributed by atoms with Crippen molar-refractivity contribution < 1.29 is 9.59 Å². The molecule has 0 saturated heterocycles. The molecule has 26 heavy (non-hydrogen) atoms. The van der Waals surface area contributed by atoms with Gasteiger partial charge in [0.05, 0.1) is 21.4 Å². The number of rotatable bonds is 6. The van der Waals surface area contributed by atoms with Gasteiger partial charge in [-0.1, -0.05) is 47.5 Å². The fourth-order valence-electron chi connectivity index (χ4n) is 2.12. The van der Waals surface area contributed by atoms with Gasteiger partial charge in [-0.15, -0.1) is 0 Å². The molecular weight excluding hydrogens is 375 g/mol. The lowest BCUT2D eigenvalue weighted by Gasteiger charge is -2.18. The number of anilines is 2. The smallest absolute Gasteiger partial charge is 0.321 e. The van der Waals surface area contributed by atoms with Gasteiger partial charge in [0, 0.05) is 20.1 Å². The second kappa shape index (κ2) is 9.89. The first kappa shape index (κ1) is 19.9. The molecule has 2 aromatic rings. The summed E-state index contributed by atoms with van der Waals surface area (Å²) in [6, 6.07) is 13.4. The van der Waals surface area contributed by atoms with Gasteiger partial charge < -0.3 is 20.9 Å². The SMILES string of the molecule is CN(CCCNC(=O)Nc1ccccc1Cl)C(=O)Nc1ccccc1Cl. The fourth-order valence-corrected chi connectivity index (χ4v) is 2.49. The predicted octanol–water partition coefficient (Wildman–Crippen LogP) is 4.67. The average molecular weight is 395 g/mol. The minimum atomic E-state index is -0.346. The molecule has 0 atom stereocenters. The zero-order valence-corrected chi connectivity index (χ0v) is 15.8. The highest BCUT2D eigenvalue weighted by Gasteiger charge is 2.10. The van der Waals surface area contributed by atoms with Gasteiger partial charge in [-0.2, -0.15) is 0 Å². The Labute approximate surface area is 162 Å². The van der Waals surface area contributed by atoms with E-state index in [-0.39, 0.29) is 12.1 Å². The van der Waals surface area contributed by atoms with E-state index >= 15 is 0 Å². The van der Waals surface area contributed by atoms with Crippen LogP contribution in [0.15, 0.2) is 48.5 Å². The number of hydrogen-bond acceptors (Lipinski definition) is 2. The Morgan fingerprint density at radius 1 is 0.923 bits per heavy atom. The van der Waals surface area contributed by atoms with Crippen molar-refractivity contribution >= 4 is 46.6 Å². The van der Waals surface area contributed by atoms with Gasteiger partial charge >= 0.3 is 12.1 Å². The second-order valence-corrected chi connectivity index (χ2v) is 6.36. The Morgan fingerprint density at radius 2 is 1.46 bits per heavy atom. The van der Waals surface area contributed by atoms with Crippen molar-refractivity contribution in [2.75, 3.05) is 30.8 Å². The highest BCUT2D eigenvalue weighted by Crippen LogP contribution is 2.21. The first-order valence-corrected chi connectivity index (χ1v) is 8.79. The molecule has 0 aliphatic rings. The van der Waals surface area contributed by atoms with Crippen molar-refractivity contribution in [2.24, 2.45) is 0 Å². The Bertz CT molecular complexity index is 770. The molecule has 2 rings (SSSR count). The number of amides is 4. The Morgan fingerprint density at radius 3 is 2.04 bits per heavy atom. The third-order valence-electron chi connectivity index (χ3n) is 3.54. The van der Waals surface area contributed by atoms with Gasteiger partial charge in [-0.05, 0) is 30.7 Å². The molecule has 0 fully saturated rings. The van der Waals surface area contributed by atoms with Crippen molar-refractivity contribution in [3.05, 3.63) is 58.6 Å². The van der Waals surface area contributed by atoms with E-state index in [0.29, 0.717) is 40.9 Å². The maximum Gasteiger partial charge on any atom is 0.321 e. The lowest BCUT2D eigenvalue weighted by molar-refractivity contribution is 0.221. The number of benzene rings is 2. The molecule has 3 N–H and O–H groups in total. The number of urea groups is 2. The van der Waals surface area contributed by atoms with Crippen LogP contribution in [0.5, 0.6) is 0 Å². The van der Waals surface area contributed by atoms with E-state index in [9.17, 15) is 9.59 Å². The molecule has 4 amide bonds. The van der Waals surface area contributed by atoms with Crippen LogP contribution in [0.1, 0.15) is 6.42 Å². The van der Waals surface area contributed by atoms with Crippen molar-refractivity contribution in [1.82, 2.24) is 10.2 Å². The maximum absolute atomic E-state index is 12.1. The van der Waals surface area contributed by atoms with Crippen LogP contribution in [0.3, 0.4) is 0 Å². The third kappa shape index (κ3) is 6.13. The van der Waals surface area contributed by atoms with Crippen LogP contribution in [-0.2, 0) is 0 Å². The van der Waals surface area contributed by atoms with Crippen molar-refractivity contribution in [3.8, 4) is 0 Å². The summed E-state index contributed by atoms with van der Waals surface area (Å²) in [6.45, 7) is 0.892. The zero-order chi connectivity index (χ0) is 18.9. The molecule has 0 spiro atoms. The summed E-state index contributed by atoms with van der Waals surface area (Å²) in [6.07, 6.45) is 0.600. The van der Waals surface area contributed by atoms with Crippen LogP contribution in [0.2, 0.25) is 10.0 Å². The Balaban J connectivity index is 1.68. The Hall–Kier alpha value is -2.44. The topological polar surface area (TPSA) is 73.5 Å². The van der Waals surface area contributed by atoms with Crippen LogP contribution < -0.4 is 16.0 Å². The van der Waals surface area contributed by atoms with Crippen molar-refractivity contribution in [1.29, 1.82) is 0 Å². The van der Waals surface area contributed by atoms with Crippen molar-refractivity contribution in [3.63, 3.8) is 0 Å². The second-order valence-electron chi connectivity index (χ2n) is 5.55. The number of halogens is 2. The van der Waals surface area contributed by atoms with Gasteiger partial charge in [0.1, 0.15) is 0 Å². The first-order chi connectivity index (χ1) is 12.5. The summed E-state index contributed by atoms with van der Waals surface area (Å²) in [5.41, 5.74) is 1.10. The predicted molar refractivity (Wildman–Crippen MR) is 106 cm³/mol. The van der Waals surface area contributed by atoms with Crippen LogP contribution in [-0.4, -0.2) is 37.1 Å². The summed E-state index contributed by atoms with van der Waals surface area (Å²) in [5, 5.41) is 9.08. The molecule has 6 nitrogen and oxygen atoms in total. The van der Waals surface area contributed by atoms with E-state index < -0.39 is 0 Å². The molecule has 8 heteroatoms. The van der Waals surface area contributed by atoms with Crippen LogP contribution in [0, 0.1) is 0 Å². The summed E-state index contributed by atoms with van der Waals surface area (Å²) in [5.74, 6) is 0. The van der Waals surface area contributed by atoms with Gasteiger partial charge in [0.25, 0.3) is 0 Å². The molecule has 0 aromatic heterocycles. The maximum atomic E-state index is 12.1. The summed E-state index contributed by atoms with van der Waals surface area (Å²) in [7, 11) is 1.68. The standard InChI is InChI=1S/C18H20Cl2N4O2/c1-24(18(26)23-16-10-5-3-8-14(16)20)12-6-11-21-17(25)22-15-9-4-2-7-13(15)19/h2-5,7-10H,6,11-12H2,1H3,(H,23,26)(H2,21,22,25). The Kier molecular flexibility index (Phi) is 7.56. The lowest BCUT2D eigenvalue weighted by atomic mass is 10.3. The molecule has 2 aromatic carbocycles. The van der Waals surface area contributed by atoms with Gasteiger partial charge in [0.2, 0.25) is 0 Å². The van der Waals surface area contributed by atoms with E-state index in [1.807, 2.05) is 0 Å². The largest absolute Gasteiger partial charge is 0.338 e. The number of hydrogen-bond donors (Lipinski definition) is 3. The first-order valence-electron chi connectivity index (χ1n) is 8.03. The number of carbonyl (C=O) groups is 2. The van der Waals surface area contributed by atoms with E-state index in [0.717, 1.165) is 0 Å². The monoisotopic (exact) mass is 394 g/mol. The number of nitrogens with one attached hydrogen (secondary N) is 3. The molecule has 0 unspecified atom stereocenters. The normalized spacial score (nSPS) is 10.1. The molecule has 0 heterocycles. The van der Waals surface area contributed by atoms with E-state index in [4.69, 9.17) is 23.2 Å². The highest BCUT2D eigenvalue weighted by molar-refractivity contribution is 6.34. The molecule has 0 radical (unpaired) electrons. The molecule has 0 bridgehead atoms. The summed E-state index contributed by atoms with van der Waals surface area (Å²) in [4.78, 5) is 25.5. The van der Waals surface area contributed by atoms with Crippen molar-refractivity contribution in [2.45, 2.75) is 6.42 Å². The molecular formula is C18H20Cl2N4O2. The van der Waals surface area contributed by atoms with E-state index in [1.54, 1.807) is 55.6 Å². The lowest BCUT2D eigenvalue weighted by Crippen LogP contribution is -2.35. The van der Waals surface area contributed by atoms with Gasteiger partial charge in [-0.3, -0.25) is 0 Å². The summed E-state index contributed by atoms with van der Waals surface area (Å²) >= 11 is 12.0. The highest BCUT2D eigenvalue weighted by atomic mass is 35.5. The van der Waals surface area contributed by atoms with Crippen LogP contribution in [0.4, 0.5) is 21.0 Å². The number of nitrogens with zero attached hydrogens (tertiary/aromatic N) is 1. The molecule has 0 aliphatic heterocycles. The molecule has 138 valence electrons. The average Bonchev–Trinajstić information content (AvgIpc) is 2.62. The number of para-hydroxylation sites is 2. The van der Waals surface area contributed by atoms with Crippen LogP contribution >= 0.6 is 23.2 Å². The third-order valence-corrected chi connectivity index (χ3v) is 4.20. The van der Waals surface area contributed by atoms with Gasteiger partial charge in [0.15, 0.2) is 0 Å². The minimum Gasteiger partial charge on any atom is -0.338 e. The van der Waals surface area contributed by atoms with Gasteiger partial charge in [-0.25, -0.2) is 9.59 Å². The quantitative estimate of drug-likeness (QED) is 0.622.